The highest BCUT2D eigenvalue weighted by Crippen LogP contribution is 2.72. The van der Waals surface area contributed by atoms with Crippen LogP contribution in [-0.2, 0) is 54.1 Å². The van der Waals surface area contributed by atoms with Gasteiger partial charge in [-0.2, -0.15) is 0 Å². The zero-order valence-electron chi connectivity index (χ0n) is 32.3. The molecule has 2 bridgehead atoms. The van der Waals surface area contributed by atoms with Gasteiger partial charge in [-0.15, -0.1) is 0 Å². The molecule has 0 unspecified atom stereocenters. The SMILES string of the molecule is COC(=O)[C@@]1(OCc2ccccc2)OC[C@@]23[C@@H]4C[C@@H](O[C@H](c5ccccc5)O4)[C@@]4(C(=O)OC)CO[C@@H](C(=O)[C@@H](C[N+](C)(C)[Si](C)(C)C(C)(C)C)[C@H]12)[C@@H]43.[I-]. The number of nitrogens with zero attached hydrogens (tertiary/aromatic N) is 1. The molecule has 53 heavy (non-hydrogen) atoms. The van der Waals surface area contributed by atoms with Gasteiger partial charge in [0.2, 0.25) is 0 Å². The van der Waals surface area contributed by atoms with Crippen molar-refractivity contribution in [1.29, 1.82) is 0 Å². The summed E-state index contributed by atoms with van der Waals surface area (Å²) in [7, 11) is 4.83. The monoisotopic (exact) mass is 863 g/mol. The van der Waals surface area contributed by atoms with Gasteiger partial charge < -0.3 is 61.3 Å². The molecule has 0 N–H and O–H groups in total. The van der Waals surface area contributed by atoms with Gasteiger partial charge in [-0.05, 0) is 18.7 Å². The maximum absolute atomic E-state index is 15.3. The number of rotatable bonds is 9. The third kappa shape index (κ3) is 5.81. The van der Waals surface area contributed by atoms with Crippen LogP contribution in [0.3, 0.4) is 0 Å². The van der Waals surface area contributed by atoms with Gasteiger partial charge in [0.1, 0.15) is 11.5 Å². The van der Waals surface area contributed by atoms with Crippen LogP contribution < -0.4 is 24.0 Å². The molecular formula is C40H54INO10Si. The second-order valence-electron chi connectivity index (χ2n) is 17.5. The van der Waals surface area contributed by atoms with Crippen molar-refractivity contribution in [2.75, 3.05) is 48.1 Å². The Morgan fingerprint density at radius 1 is 0.887 bits per heavy atom. The predicted molar refractivity (Wildman–Crippen MR) is 192 cm³/mol. The minimum Gasteiger partial charge on any atom is -1.00 e. The number of ether oxygens (including phenoxy) is 7. The number of hydrogen-bond acceptors (Lipinski definition) is 10. The molecule has 5 fully saturated rings. The summed E-state index contributed by atoms with van der Waals surface area (Å²) in [6.07, 6.45) is -2.78. The van der Waals surface area contributed by atoms with Crippen LogP contribution in [-0.4, -0.2) is 102 Å². The van der Waals surface area contributed by atoms with Crippen LogP contribution in [0.1, 0.15) is 44.6 Å². The molecule has 0 amide bonds. The molecule has 3 heterocycles. The highest BCUT2D eigenvalue weighted by atomic mass is 127. The first-order valence-corrected chi connectivity index (χ1v) is 21.3. The summed E-state index contributed by atoms with van der Waals surface area (Å²) in [5, 5.41) is -0.0292. The minimum atomic E-state index is -2.21. The Balaban J connectivity index is 0.00000481. The Bertz CT molecular complexity index is 1700. The minimum absolute atomic E-state index is 0. The van der Waals surface area contributed by atoms with E-state index in [4.69, 9.17) is 33.2 Å². The van der Waals surface area contributed by atoms with Crippen LogP contribution in [0.25, 0.3) is 0 Å². The number of esters is 2. The van der Waals surface area contributed by atoms with Gasteiger partial charge in [0.05, 0.1) is 78.7 Å². The normalized spacial score (nSPS) is 36.2. The van der Waals surface area contributed by atoms with Gasteiger partial charge in [0.15, 0.2) is 12.1 Å². The number of methoxy groups -OCH3 is 2. The van der Waals surface area contributed by atoms with Crippen LogP contribution >= 0.6 is 0 Å². The molecule has 11 nitrogen and oxygen atoms in total. The Hall–Kier alpha value is -2.24. The number of carbonyl (C=O) groups excluding carboxylic acids is 3. The molecule has 3 aliphatic heterocycles. The fourth-order valence-electron chi connectivity index (χ4n) is 10.2. The van der Waals surface area contributed by atoms with E-state index in [2.05, 4.69) is 48.0 Å². The first kappa shape index (κ1) is 40.4. The van der Waals surface area contributed by atoms with Crippen molar-refractivity contribution in [1.82, 2.24) is 0 Å². The van der Waals surface area contributed by atoms with Gasteiger partial charge in [-0.1, -0.05) is 81.4 Å². The Morgan fingerprint density at radius 2 is 1.49 bits per heavy atom. The zero-order chi connectivity index (χ0) is 37.5. The Morgan fingerprint density at radius 3 is 2.09 bits per heavy atom. The highest BCUT2D eigenvalue weighted by molar-refractivity contribution is 6.73. The van der Waals surface area contributed by atoms with Gasteiger partial charge in [-0.3, -0.25) is 9.59 Å². The van der Waals surface area contributed by atoms with E-state index < -0.39 is 79.1 Å². The largest absolute Gasteiger partial charge is 1.00 e. The average Bonchev–Trinajstić information content (AvgIpc) is 3.71. The summed E-state index contributed by atoms with van der Waals surface area (Å²) >= 11 is 0. The highest BCUT2D eigenvalue weighted by Gasteiger charge is 2.85. The number of halogens is 1. The quantitative estimate of drug-likeness (QED) is 0.211. The maximum atomic E-state index is 15.3. The van der Waals surface area contributed by atoms with E-state index in [1.807, 2.05) is 60.7 Å². The smallest absolute Gasteiger partial charge is 0.366 e. The van der Waals surface area contributed by atoms with E-state index in [1.165, 1.54) is 14.2 Å². The lowest BCUT2D eigenvalue weighted by molar-refractivity contribution is -0.797. The molecule has 0 radical (unpaired) electrons. The summed E-state index contributed by atoms with van der Waals surface area (Å²) in [6, 6.07) is 19.1. The van der Waals surface area contributed by atoms with Crippen molar-refractivity contribution in [3.05, 3.63) is 71.8 Å². The van der Waals surface area contributed by atoms with Gasteiger partial charge >= 0.3 is 11.9 Å². The van der Waals surface area contributed by atoms with E-state index >= 15 is 4.79 Å². The standard InChI is InChI=1S/C40H54NO10Si.HI/c1-37(2,3)52(8,9)41(4,5)21-27-30(42)31-33-38(24-49-40(32(27)38,36(44)46-7)48-22-25-16-12-10-13-17-25)28-20-29(39(33,23-47-31)35(43)45-6)51-34(50-28)26-18-14-11-15-19-26;/h10-19,27-29,31-34H,20-24H2,1-9H3;1H/q+1;/p-1/t27-,28+,29-,31+,32+,33-,34-,38-,39+,40+;/m1./s1. The molecule has 2 saturated carbocycles. The molecule has 7 rings (SSSR count). The van der Waals surface area contributed by atoms with Crippen LogP contribution in [0.2, 0.25) is 18.1 Å². The van der Waals surface area contributed by atoms with E-state index in [9.17, 15) is 9.59 Å². The number of Topliss-reactive ketones (excluding diaryl/α,β-unsaturated/α-hetero) is 1. The third-order valence-corrected chi connectivity index (χ3v) is 21.0. The summed E-state index contributed by atoms with van der Waals surface area (Å²) in [4.78, 5) is 44.2. The molecule has 2 aromatic carbocycles. The molecule has 1 spiro atoms. The van der Waals surface area contributed by atoms with Crippen LogP contribution in [0, 0.1) is 28.6 Å². The number of benzene rings is 2. The van der Waals surface area contributed by atoms with Gasteiger partial charge in [0.25, 0.3) is 14.0 Å². The molecule has 0 aromatic heterocycles. The van der Waals surface area contributed by atoms with Crippen molar-refractivity contribution < 1.29 is 75.7 Å². The summed E-state index contributed by atoms with van der Waals surface area (Å²) in [5.74, 6) is -5.88. The summed E-state index contributed by atoms with van der Waals surface area (Å²) in [6.45, 7) is 11.8. The second kappa shape index (κ2) is 14.0. The van der Waals surface area contributed by atoms with E-state index in [-0.39, 0.29) is 54.6 Å². The number of fused-ring (bicyclic) bond motifs is 3. The number of hydrogen-bond donors (Lipinski definition) is 0. The molecule has 13 heteroatoms. The van der Waals surface area contributed by atoms with Crippen molar-refractivity contribution in [3.8, 4) is 0 Å². The average molecular weight is 864 g/mol. The van der Waals surface area contributed by atoms with Crippen molar-refractivity contribution in [2.45, 2.75) is 82.3 Å². The predicted octanol–water partition coefficient (Wildman–Crippen LogP) is 2.05. The van der Waals surface area contributed by atoms with E-state index in [0.29, 0.717) is 17.1 Å². The molecule has 2 aromatic rings. The van der Waals surface area contributed by atoms with Crippen LogP contribution in [0.15, 0.2) is 60.7 Å². The number of quaternary nitrogens is 1. The topological polar surface area (TPSA) is 116 Å². The molecule has 3 saturated heterocycles. The van der Waals surface area contributed by atoms with Crippen LogP contribution in [0.4, 0.5) is 0 Å². The van der Waals surface area contributed by atoms with Crippen molar-refractivity contribution in [2.24, 2.45) is 28.6 Å². The van der Waals surface area contributed by atoms with Crippen LogP contribution in [0.5, 0.6) is 0 Å². The van der Waals surface area contributed by atoms with Crippen molar-refractivity contribution >= 4 is 26.0 Å². The first-order valence-electron chi connectivity index (χ1n) is 18.3. The molecular weight excluding hydrogens is 809 g/mol. The Kier molecular flexibility index (Phi) is 10.7. The first-order chi connectivity index (χ1) is 24.5. The van der Waals surface area contributed by atoms with E-state index in [0.717, 1.165) is 11.1 Å². The third-order valence-electron chi connectivity index (χ3n) is 14.1. The lowest BCUT2D eigenvalue weighted by Crippen LogP contribution is -3.00. The lowest BCUT2D eigenvalue weighted by Gasteiger charge is -2.63. The fourth-order valence-corrected chi connectivity index (χ4v) is 12.7. The molecule has 2 aliphatic carbocycles. The fraction of sp³-hybridized carbons (Fsp3) is 0.625. The zero-order valence-corrected chi connectivity index (χ0v) is 35.4. The molecule has 290 valence electrons. The molecule has 5 aliphatic rings. The van der Waals surface area contributed by atoms with Gasteiger partial charge in [0, 0.05) is 28.4 Å². The van der Waals surface area contributed by atoms with E-state index in [1.54, 1.807) is 0 Å². The number of carbonyl (C=O) groups is 3. The van der Waals surface area contributed by atoms with Gasteiger partial charge in [-0.25, -0.2) is 4.79 Å². The maximum Gasteiger partial charge on any atom is 0.366 e. The number of ketones is 1. The lowest BCUT2D eigenvalue weighted by atomic mass is 9.42. The second-order valence-corrected chi connectivity index (χ2v) is 23.3. The Labute approximate surface area is 331 Å². The summed E-state index contributed by atoms with van der Waals surface area (Å²) in [5.41, 5.74) is -0.867. The summed E-state index contributed by atoms with van der Waals surface area (Å²) < 4.78 is 45.5. The van der Waals surface area contributed by atoms with Crippen molar-refractivity contribution in [3.63, 3.8) is 0 Å². The molecule has 10 atom stereocenters.